The van der Waals surface area contributed by atoms with Crippen molar-refractivity contribution in [3.05, 3.63) is 29.8 Å². The number of aliphatic hydroxyl groups excluding tert-OH is 1. The van der Waals surface area contributed by atoms with Crippen LogP contribution in [0.25, 0.3) is 0 Å². The topological polar surface area (TPSA) is 44.0 Å². The molecule has 2 nitrogen and oxygen atoms in total. The molecule has 0 heterocycles. The number of hydrogen-bond donors (Lipinski definition) is 1. The van der Waals surface area contributed by atoms with Gasteiger partial charge in [0.1, 0.15) is 0 Å². The van der Waals surface area contributed by atoms with E-state index >= 15 is 0 Å². The molecule has 0 saturated heterocycles. The molecule has 0 unspecified atom stereocenters. The molecule has 1 aromatic rings. The molecule has 3 heteroatoms. The first-order valence-corrected chi connectivity index (χ1v) is 4.84. The molecule has 1 N–H and O–H groups in total. The monoisotopic (exact) mass is 213 g/mol. The van der Waals surface area contributed by atoms with Crippen molar-refractivity contribution in [2.24, 2.45) is 0 Å². The average Bonchev–Trinajstić information content (AvgIpc) is 2.06. The second-order valence-corrected chi connectivity index (χ2v) is 3.69. The zero-order valence-electron chi connectivity index (χ0n) is 5.82. The molecule has 0 atom stereocenters. The molecule has 0 aliphatic heterocycles. The summed E-state index contributed by atoms with van der Waals surface area (Å²) in [6.07, 6.45) is 0. The van der Waals surface area contributed by atoms with Crippen LogP contribution < -0.4 is 4.46 Å². The van der Waals surface area contributed by atoms with Gasteiger partial charge in [0.25, 0.3) is 0 Å². The molecule has 0 amide bonds. The molecule has 0 spiro atoms. The second-order valence-electron chi connectivity index (χ2n) is 1.96. The van der Waals surface area contributed by atoms with Gasteiger partial charge in [-0.25, -0.2) is 0 Å². The van der Waals surface area contributed by atoms with Crippen molar-refractivity contribution in [2.75, 3.05) is 0 Å². The van der Waals surface area contributed by atoms with Gasteiger partial charge in [-0.05, 0) is 0 Å². The van der Waals surface area contributed by atoms with E-state index in [1.54, 1.807) is 0 Å². The Morgan fingerprint density at radius 1 is 1.45 bits per heavy atom. The van der Waals surface area contributed by atoms with Crippen molar-refractivity contribution in [3.8, 4) is 4.97 Å². The fourth-order valence-corrected chi connectivity index (χ4v) is 1.85. The summed E-state index contributed by atoms with van der Waals surface area (Å²) in [7, 11) is 0. The number of nitriles is 1. The number of hydrogen-bond acceptors (Lipinski definition) is 2. The third-order valence-corrected chi connectivity index (χ3v) is 2.79. The summed E-state index contributed by atoms with van der Waals surface area (Å²) in [6, 6.07) is 7.47. The van der Waals surface area contributed by atoms with E-state index in [0.29, 0.717) is 0 Å². The SMILES string of the molecule is N#C[Se]c1ccccc1CO. The van der Waals surface area contributed by atoms with Crippen LogP contribution in [0.15, 0.2) is 24.3 Å². The molecule has 0 fully saturated rings. The van der Waals surface area contributed by atoms with Gasteiger partial charge in [0.05, 0.1) is 0 Å². The quantitative estimate of drug-likeness (QED) is 0.700. The van der Waals surface area contributed by atoms with Crippen molar-refractivity contribution >= 4 is 19.4 Å². The molecule has 0 saturated carbocycles. The van der Waals surface area contributed by atoms with Crippen molar-refractivity contribution in [1.82, 2.24) is 0 Å². The Morgan fingerprint density at radius 2 is 2.18 bits per heavy atom. The van der Waals surface area contributed by atoms with Crippen LogP contribution in [-0.4, -0.2) is 20.1 Å². The molecular weight excluding hydrogens is 205 g/mol. The van der Waals surface area contributed by atoms with Crippen LogP contribution in [0.4, 0.5) is 0 Å². The third kappa shape index (κ3) is 2.06. The minimum atomic E-state index is -0.153. The summed E-state index contributed by atoms with van der Waals surface area (Å²) >= 11 is -0.153. The van der Waals surface area contributed by atoms with Gasteiger partial charge >= 0.3 is 71.2 Å². The third-order valence-electron chi connectivity index (χ3n) is 1.30. The fourth-order valence-electron chi connectivity index (χ4n) is 0.783. The molecular formula is C8H7NOSe. The zero-order chi connectivity index (χ0) is 8.10. The van der Waals surface area contributed by atoms with Crippen molar-refractivity contribution < 1.29 is 5.11 Å². The maximum atomic E-state index is 8.85. The van der Waals surface area contributed by atoms with Crippen molar-refractivity contribution in [1.29, 1.82) is 5.26 Å². The Kier molecular flexibility index (Phi) is 3.13. The summed E-state index contributed by atoms with van der Waals surface area (Å²) in [4.78, 5) is 2.11. The van der Waals surface area contributed by atoms with Gasteiger partial charge in [0.2, 0.25) is 0 Å². The van der Waals surface area contributed by atoms with Gasteiger partial charge in [-0.15, -0.1) is 0 Å². The first-order valence-electron chi connectivity index (χ1n) is 3.13. The molecule has 11 heavy (non-hydrogen) atoms. The van der Waals surface area contributed by atoms with E-state index in [9.17, 15) is 0 Å². The van der Waals surface area contributed by atoms with E-state index in [0.717, 1.165) is 10.0 Å². The van der Waals surface area contributed by atoms with Gasteiger partial charge in [-0.3, -0.25) is 0 Å². The first-order chi connectivity index (χ1) is 5.38. The minimum absolute atomic E-state index is 0.0274. The fraction of sp³-hybridized carbons (Fsp3) is 0.125. The molecule has 0 aliphatic rings. The predicted molar refractivity (Wildman–Crippen MR) is 43.4 cm³/mol. The van der Waals surface area contributed by atoms with Crippen LogP contribution in [0, 0.1) is 10.2 Å². The van der Waals surface area contributed by atoms with E-state index in [1.165, 1.54) is 0 Å². The molecule has 0 aromatic heterocycles. The standard InChI is InChI=1S/C8H7NOSe/c9-6-11-8-4-2-1-3-7(8)5-10/h1-4,10H,5H2. The summed E-state index contributed by atoms with van der Waals surface area (Å²) in [6.45, 7) is 0.0274. The van der Waals surface area contributed by atoms with Gasteiger partial charge in [-0.1, -0.05) is 0 Å². The van der Waals surface area contributed by atoms with E-state index in [4.69, 9.17) is 10.4 Å². The zero-order valence-corrected chi connectivity index (χ0v) is 7.53. The number of aliphatic hydroxyl groups is 1. The van der Waals surface area contributed by atoms with E-state index in [-0.39, 0.29) is 21.6 Å². The second kappa shape index (κ2) is 4.15. The molecule has 56 valence electrons. The van der Waals surface area contributed by atoms with Gasteiger partial charge in [0, 0.05) is 0 Å². The number of benzene rings is 1. The Hall–Kier alpha value is -0.811. The van der Waals surface area contributed by atoms with Crippen LogP contribution in [0.1, 0.15) is 5.56 Å². The normalized spacial score (nSPS) is 9.09. The number of rotatable bonds is 2. The molecule has 1 rings (SSSR count). The summed E-state index contributed by atoms with van der Waals surface area (Å²) in [5.41, 5.74) is 0.869. The number of nitrogens with zero attached hydrogens (tertiary/aromatic N) is 1. The van der Waals surface area contributed by atoms with Gasteiger partial charge < -0.3 is 0 Å². The van der Waals surface area contributed by atoms with Gasteiger partial charge in [-0.2, -0.15) is 0 Å². The van der Waals surface area contributed by atoms with Crippen molar-refractivity contribution in [3.63, 3.8) is 0 Å². The van der Waals surface area contributed by atoms with Crippen LogP contribution in [-0.2, 0) is 6.61 Å². The van der Waals surface area contributed by atoms with E-state index in [1.807, 2.05) is 24.3 Å². The average molecular weight is 212 g/mol. The Morgan fingerprint density at radius 3 is 2.82 bits per heavy atom. The van der Waals surface area contributed by atoms with E-state index < -0.39 is 0 Å². The predicted octanol–water partition coefficient (Wildman–Crippen LogP) is -0.0105. The molecule has 0 bridgehead atoms. The molecule has 0 radical (unpaired) electrons. The van der Waals surface area contributed by atoms with E-state index in [2.05, 4.69) is 4.97 Å². The first kappa shape index (κ1) is 8.29. The van der Waals surface area contributed by atoms with Crippen molar-refractivity contribution in [2.45, 2.75) is 6.61 Å². The van der Waals surface area contributed by atoms with Gasteiger partial charge in [0.15, 0.2) is 0 Å². The van der Waals surface area contributed by atoms with Crippen LogP contribution >= 0.6 is 0 Å². The summed E-state index contributed by atoms with van der Waals surface area (Å²) < 4.78 is 0.977. The van der Waals surface area contributed by atoms with Crippen LogP contribution in [0.5, 0.6) is 0 Å². The summed E-state index contributed by atoms with van der Waals surface area (Å²) in [5.74, 6) is 0. The maximum absolute atomic E-state index is 8.85. The molecule has 1 aromatic carbocycles. The van der Waals surface area contributed by atoms with Crippen LogP contribution in [0.3, 0.4) is 0 Å². The van der Waals surface area contributed by atoms with Crippen LogP contribution in [0.2, 0.25) is 0 Å². The molecule has 0 aliphatic carbocycles. The summed E-state index contributed by atoms with van der Waals surface area (Å²) in [5, 5.41) is 17.3. The Labute approximate surface area is 71.6 Å². The Balaban J connectivity index is 2.94. The Bertz CT molecular complexity index is 280.